The Morgan fingerprint density at radius 2 is 1.86 bits per heavy atom. The molecule has 4 nitrogen and oxygen atoms in total. The van der Waals surface area contributed by atoms with E-state index < -0.39 is 0 Å². The summed E-state index contributed by atoms with van der Waals surface area (Å²) in [5, 5.41) is 9.23. The quantitative estimate of drug-likeness (QED) is 0.833. The van der Waals surface area contributed by atoms with Crippen LogP contribution in [-0.4, -0.2) is 25.2 Å². The number of hydrogen-bond donors (Lipinski definition) is 1. The van der Waals surface area contributed by atoms with Gasteiger partial charge < -0.3 is 14.7 Å². The molecule has 0 amide bonds. The number of nitrogens with zero attached hydrogens (tertiary/aromatic N) is 1. The van der Waals surface area contributed by atoms with Crippen LogP contribution in [0, 0.1) is 0 Å². The van der Waals surface area contributed by atoms with Gasteiger partial charge in [0.2, 0.25) is 0 Å². The first-order valence-electron chi connectivity index (χ1n) is 7.18. The summed E-state index contributed by atoms with van der Waals surface area (Å²) in [7, 11) is 3.39. The van der Waals surface area contributed by atoms with E-state index in [1.807, 2.05) is 55.6 Å². The fourth-order valence-corrected chi connectivity index (χ4v) is 2.35. The van der Waals surface area contributed by atoms with Crippen molar-refractivity contribution >= 4 is 11.7 Å². The molecule has 116 valence electrons. The van der Waals surface area contributed by atoms with Gasteiger partial charge in [-0.25, -0.2) is 0 Å². The number of aliphatic hydroxyl groups is 1. The Bertz CT molecular complexity index is 640. The van der Waals surface area contributed by atoms with Gasteiger partial charge in [-0.1, -0.05) is 36.4 Å². The van der Waals surface area contributed by atoms with Crippen LogP contribution in [0.25, 0.3) is 0 Å². The SMILES string of the molecule is COC(=O)Cc1ccccc1CN(C)c1cccc(CO)c1. The van der Waals surface area contributed by atoms with Gasteiger partial charge in [-0.2, -0.15) is 0 Å². The monoisotopic (exact) mass is 299 g/mol. The molecule has 0 spiro atoms. The van der Waals surface area contributed by atoms with E-state index in [0.29, 0.717) is 6.54 Å². The zero-order valence-corrected chi connectivity index (χ0v) is 13.0. The van der Waals surface area contributed by atoms with Gasteiger partial charge in [-0.3, -0.25) is 4.79 Å². The summed E-state index contributed by atoms with van der Waals surface area (Å²) < 4.78 is 4.75. The molecule has 0 aliphatic carbocycles. The van der Waals surface area contributed by atoms with E-state index in [2.05, 4.69) is 4.90 Å². The summed E-state index contributed by atoms with van der Waals surface area (Å²) in [6, 6.07) is 15.6. The van der Waals surface area contributed by atoms with E-state index in [9.17, 15) is 9.90 Å². The summed E-state index contributed by atoms with van der Waals surface area (Å²) in [6.07, 6.45) is 0.275. The highest BCUT2D eigenvalue weighted by Crippen LogP contribution is 2.19. The fourth-order valence-electron chi connectivity index (χ4n) is 2.35. The minimum atomic E-state index is -0.239. The van der Waals surface area contributed by atoms with Crippen LogP contribution in [0.2, 0.25) is 0 Å². The lowest BCUT2D eigenvalue weighted by atomic mass is 10.0. The summed E-state index contributed by atoms with van der Waals surface area (Å²) in [4.78, 5) is 13.6. The zero-order valence-electron chi connectivity index (χ0n) is 13.0. The predicted octanol–water partition coefficient (Wildman–Crippen LogP) is 2.53. The van der Waals surface area contributed by atoms with Gasteiger partial charge in [0.15, 0.2) is 0 Å². The number of carbonyl (C=O) groups excluding carboxylic acids is 1. The molecule has 0 radical (unpaired) electrons. The second kappa shape index (κ2) is 7.61. The van der Waals surface area contributed by atoms with Gasteiger partial charge in [0.05, 0.1) is 20.1 Å². The molecular formula is C18H21NO3. The van der Waals surface area contributed by atoms with Crippen molar-refractivity contribution < 1.29 is 14.6 Å². The van der Waals surface area contributed by atoms with Crippen LogP contribution in [0.3, 0.4) is 0 Å². The van der Waals surface area contributed by atoms with Crippen molar-refractivity contribution in [1.82, 2.24) is 0 Å². The third-order valence-electron chi connectivity index (χ3n) is 3.62. The summed E-state index contributed by atoms with van der Waals surface area (Å²) in [5.41, 5.74) is 3.97. The van der Waals surface area contributed by atoms with Gasteiger partial charge >= 0.3 is 5.97 Å². The highest BCUT2D eigenvalue weighted by molar-refractivity contribution is 5.73. The molecule has 0 aliphatic rings. The van der Waals surface area contributed by atoms with E-state index in [1.54, 1.807) is 0 Å². The number of rotatable bonds is 6. The minimum absolute atomic E-state index is 0.0284. The Hall–Kier alpha value is -2.33. The molecule has 0 fully saturated rings. The second-order valence-electron chi connectivity index (χ2n) is 5.21. The smallest absolute Gasteiger partial charge is 0.309 e. The summed E-state index contributed by atoms with van der Waals surface area (Å²) >= 11 is 0. The van der Waals surface area contributed by atoms with E-state index in [1.165, 1.54) is 7.11 Å². The number of benzene rings is 2. The largest absolute Gasteiger partial charge is 0.469 e. The molecule has 0 atom stereocenters. The highest BCUT2D eigenvalue weighted by Gasteiger charge is 2.10. The number of esters is 1. The Labute approximate surface area is 131 Å². The molecule has 0 aliphatic heterocycles. The zero-order chi connectivity index (χ0) is 15.9. The molecule has 2 rings (SSSR count). The molecule has 0 saturated heterocycles. The van der Waals surface area contributed by atoms with E-state index in [4.69, 9.17) is 4.74 Å². The molecule has 2 aromatic rings. The molecule has 1 N–H and O–H groups in total. The third kappa shape index (κ3) is 4.09. The molecule has 0 heterocycles. The van der Waals surface area contributed by atoms with Crippen LogP contribution in [0.5, 0.6) is 0 Å². The number of aliphatic hydroxyl groups excluding tert-OH is 1. The molecule has 2 aromatic carbocycles. The van der Waals surface area contributed by atoms with Gasteiger partial charge in [-0.05, 0) is 28.8 Å². The topological polar surface area (TPSA) is 49.8 Å². The lowest BCUT2D eigenvalue weighted by Gasteiger charge is -2.21. The third-order valence-corrected chi connectivity index (χ3v) is 3.62. The molecule has 22 heavy (non-hydrogen) atoms. The maximum absolute atomic E-state index is 11.5. The van der Waals surface area contributed by atoms with Crippen molar-refractivity contribution in [2.45, 2.75) is 19.6 Å². The number of anilines is 1. The number of carbonyl (C=O) groups is 1. The Morgan fingerprint density at radius 1 is 1.14 bits per heavy atom. The first kappa shape index (κ1) is 16.0. The lowest BCUT2D eigenvalue weighted by molar-refractivity contribution is -0.139. The summed E-state index contributed by atoms with van der Waals surface area (Å²) in [6.45, 7) is 0.711. The molecule has 0 saturated carbocycles. The van der Waals surface area contributed by atoms with Crippen molar-refractivity contribution in [3.63, 3.8) is 0 Å². The number of ether oxygens (including phenoxy) is 1. The van der Waals surface area contributed by atoms with E-state index >= 15 is 0 Å². The second-order valence-corrected chi connectivity index (χ2v) is 5.21. The molecule has 0 bridgehead atoms. The van der Waals surface area contributed by atoms with Gasteiger partial charge in [0, 0.05) is 19.3 Å². The van der Waals surface area contributed by atoms with Crippen LogP contribution in [0.1, 0.15) is 16.7 Å². The first-order chi connectivity index (χ1) is 10.6. The Balaban J connectivity index is 2.17. The average molecular weight is 299 g/mol. The van der Waals surface area contributed by atoms with E-state index in [0.717, 1.165) is 22.4 Å². The normalized spacial score (nSPS) is 10.3. The van der Waals surface area contributed by atoms with Gasteiger partial charge in [0.25, 0.3) is 0 Å². The number of methoxy groups -OCH3 is 1. The van der Waals surface area contributed by atoms with Crippen LogP contribution in [-0.2, 0) is 29.1 Å². The van der Waals surface area contributed by atoms with Crippen LogP contribution in [0.15, 0.2) is 48.5 Å². The van der Waals surface area contributed by atoms with Gasteiger partial charge in [-0.15, -0.1) is 0 Å². The lowest BCUT2D eigenvalue weighted by Crippen LogP contribution is -2.18. The van der Waals surface area contributed by atoms with E-state index in [-0.39, 0.29) is 19.0 Å². The van der Waals surface area contributed by atoms with Crippen molar-refractivity contribution in [1.29, 1.82) is 0 Å². The van der Waals surface area contributed by atoms with Crippen molar-refractivity contribution in [3.8, 4) is 0 Å². The Kier molecular flexibility index (Phi) is 5.55. The number of hydrogen-bond acceptors (Lipinski definition) is 4. The maximum Gasteiger partial charge on any atom is 0.309 e. The first-order valence-corrected chi connectivity index (χ1v) is 7.18. The van der Waals surface area contributed by atoms with Crippen molar-refractivity contribution in [2.75, 3.05) is 19.1 Å². The highest BCUT2D eigenvalue weighted by atomic mass is 16.5. The fraction of sp³-hybridized carbons (Fsp3) is 0.278. The van der Waals surface area contributed by atoms with Crippen LogP contribution in [0.4, 0.5) is 5.69 Å². The van der Waals surface area contributed by atoms with Crippen molar-refractivity contribution in [3.05, 3.63) is 65.2 Å². The molecule has 0 aromatic heterocycles. The maximum atomic E-state index is 11.5. The summed E-state index contributed by atoms with van der Waals surface area (Å²) in [5.74, 6) is -0.239. The van der Waals surface area contributed by atoms with Crippen LogP contribution < -0.4 is 4.90 Å². The molecule has 4 heteroatoms. The van der Waals surface area contributed by atoms with Crippen LogP contribution >= 0.6 is 0 Å². The minimum Gasteiger partial charge on any atom is -0.469 e. The predicted molar refractivity (Wildman–Crippen MR) is 86.6 cm³/mol. The van der Waals surface area contributed by atoms with Crippen molar-refractivity contribution in [2.24, 2.45) is 0 Å². The average Bonchev–Trinajstić information content (AvgIpc) is 2.56. The van der Waals surface area contributed by atoms with Gasteiger partial charge in [0.1, 0.15) is 0 Å². The standard InChI is InChI=1S/C18H21NO3/c1-19(17-9-5-6-14(10-17)13-20)12-16-8-4-3-7-15(16)11-18(21)22-2/h3-10,20H,11-13H2,1-2H3. The molecule has 0 unspecified atom stereocenters. The Morgan fingerprint density at radius 3 is 2.55 bits per heavy atom. The molecular weight excluding hydrogens is 278 g/mol.